The van der Waals surface area contributed by atoms with E-state index in [-0.39, 0.29) is 0 Å². The van der Waals surface area contributed by atoms with Crippen LogP contribution in [0.5, 0.6) is 0 Å². The molecule has 1 aliphatic rings. The molecular formula is C13H16O. The minimum absolute atomic E-state index is 0.296. The van der Waals surface area contributed by atoms with Gasteiger partial charge in [0.05, 0.1) is 0 Å². The van der Waals surface area contributed by atoms with Gasteiger partial charge in [-0.3, -0.25) is 4.79 Å². The molecule has 1 aliphatic carbocycles. The van der Waals surface area contributed by atoms with Crippen LogP contribution in [-0.4, -0.2) is 5.78 Å². The van der Waals surface area contributed by atoms with Gasteiger partial charge in [-0.2, -0.15) is 0 Å². The second-order valence-electron chi connectivity index (χ2n) is 4.30. The van der Waals surface area contributed by atoms with Crippen molar-refractivity contribution in [1.29, 1.82) is 0 Å². The third-order valence-corrected chi connectivity index (χ3v) is 3.11. The summed E-state index contributed by atoms with van der Waals surface area (Å²) in [5.41, 5.74) is 0.862. The largest absolute Gasteiger partial charge is 0.294 e. The van der Waals surface area contributed by atoms with Gasteiger partial charge in [0.1, 0.15) is 0 Å². The number of rotatable bonds is 4. The molecule has 0 heterocycles. The van der Waals surface area contributed by atoms with E-state index in [9.17, 15) is 4.79 Å². The summed E-state index contributed by atoms with van der Waals surface area (Å²) in [5.74, 6) is 1.98. The van der Waals surface area contributed by atoms with Crippen molar-refractivity contribution in [2.24, 2.45) is 11.8 Å². The Morgan fingerprint density at radius 3 is 2.57 bits per heavy atom. The molecule has 1 fully saturated rings. The zero-order valence-corrected chi connectivity index (χ0v) is 8.57. The molecule has 14 heavy (non-hydrogen) atoms. The van der Waals surface area contributed by atoms with Crippen LogP contribution in [0.1, 0.15) is 36.5 Å². The van der Waals surface area contributed by atoms with Crippen molar-refractivity contribution in [1.82, 2.24) is 0 Å². The average molecular weight is 188 g/mol. The number of hydrogen-bond donors (Lipinski definition) is 0. The van der Waals surface area contributed by atoms with Crippen LogP contribution in [-0.2, 0) is 0 Å². The van der Waals surface area contributed by atoms with Gasteiger partial charge in [0, 0.05) is 12.0 Å². The van der Waals surface area contributed by atoms with Crippen molar-refractivity contribution < 1.29 is 4.79 Å². The summed E-state index contributed by atoms with van der Waals surface area (Å²) in [4.78, 5) is 11.7. The first-order valence-corrected chi connectivity index (χ1v) is 5.35. The number of benzene rings is 1. The summed E-state index contributed by atoms with van der Waals surface area (Å²) in [6, 6.07) is 9.59. The quantitative estimate of drug-likeness (QED) is 0.662. The lowest BCUT2D eigenvalue weighted by Crippen LogP contribution is -1.99. The van der Waals surface area contributed by atoms with Crippen molar-refractivity contribution in [3.63, 3.8) is 0 Å². The first kappa shape index (κ1) is 9.45. The Hall–Kier alpha value is -1.11. The fraction of sp³-hybridized carbons (Fsp3) is 0.462. The summed E-state index contributed by atoms with van der Waals surface area (Å²) >= 11 is 0. The lowest BCUT2D eigenvalue weighted by atomic mass is 10.0. The van der Waals surface area contributed by atoms with E-state index in [1.54, 1.807) is 0 Å². The average Bonchev–Trinajstić information content (AvgIpc) is 2.92. The number of ketones is 1. The molecule has 1 heteroatoms. The van der Waals surface area contributed by atoms with Crippen LogP contribution < -0.4 is 0 Å². The van der Waals surface area contributed by atoms with Crippen LogP contribution in [0.2, 0.25) is 0 Å². The Kier molecular flexibility index (Phi) is 2.67. The van der Waals surface area contributed by atoms with Crippen molar-refractivity contribution in [2.45, 2.75) is 26.2 Å². The molecule has 2 atom stereocenters. The highest BCUT2D eigenvalue weighted by Crippen LogP contribution is 2.41. The molecule has 0 bridgehead atoms. The molecule has 0 amide bonds. The second-order valence-corrected chi connectivity index (χ2v) is 4.30. The standard InChI is InChI=1S/C13H16O/c1-10-9-12(10)7-8-13(14)11-5-3-2-4-6-11/h2-6,10,12H,7-9H2,1H3/t10-,12?/m0/s1. The maximum absolute atomic E-state index is 11.7. The van der Waals surface area contributed by atoms with Gasteiger partial charge in [-0.15, -0.1) is 0 Å². The summed E-state index contributed by atoms with van der Waals surface area (Å²) in [6.45, 7) is 2.26. The third kappa shape index (κ3) is 2.22. The molecule has 0 saturated heterocycles. The van der Waals surface area contributed by atoms with E-state index >= 15 is 0 Å². The highest BCUT2D eigenvalue weighted by Gasteiger charge is 2.32. The van der Waals surface area contributed by atoms with Gasteiger partial charge in [0.2, 0.25) is 0 Å². The monoisotopic (exact) mass is 188 g/mol. The Balaban J connectivity index is 1.84. The molecule has 1 aromatic carbocycles. The van der Waals surface area contributed by atoms with Crippen molar-refractivity contribution >= 4 is 5.78 Å². The predicted octanol–water partition coefficient (Wildman–Crippen LogP) is 3.31. The SMILES string of the molecule is C[C@H]1CC1CCC(=O)c1ccccc1. The molecule has 0 N–H and O–H groups in total. The minimum atomic E-state index is 0.296. The maximum Gasteiger partial charge on any atom is 0.162 e. The lowest BCUT2D eigenvalue weighted by molar-refractivity contribution is 0.0977. The Labute approximate surface area is 85.1 Å². The molecule has 1 saturated carbocycles. The van der Waals surface area contributed by atoms with Gasteiger partial charge in [-0.1, -0.05) is 37.3 Å². The fourth-order valence-electron chi connectivity index (χ4n) is 1.89. The molecular weight excluding hydrogens is 172 g/mol. The van der Waals surface area contributed by atoms with E-state index in [0.29, 0.717) is 5.78 Å². The fourth-order valence-corrected chi connectivity index (χ4v) is 1.89. The second kappa shape index (κ2) is 3.95. The summed E-state index contributed by atoms with van der Waals surface area (Å²) in [5, 5.41) is 0. The van der Waals surface area contributed by atoms with E-state index in [4.69, 9.17) is 0 Å². The lowest BCUT2D eigenvalue weighted by Gasteiger charge is -1.99. The van der Waals surface area contributed by atoms with E-state index in [0.717, 1.165) is 30.2 Å². The first-order valence-electron chi connectivity index (χ1n) is 5.35. The summed E-state index contributed by atoms with van der Waals surface area (Å²) < 4.78 is 0. The Morgan fingerprint density at radius 2 is 2.00 bits per heavy atom. The molecule has 74 valence electrons. The highest BCUT2D eigenvalue weighted by molar-refractivity contribution is 5.95. The topological polar surface area (TPSA) is 17.1 Å². The normalized spacial score (nSPS) is 24.6. The molecule has 1 nitrogen and oxygen atoms in total. The van der Waals surface area contributed by atoms with Crippen molar-refractivity contribution in [3.05, 3.63) is 35.9 Å². The van der Waals surface area contributed by atoms with E-state index in [1.807, 2.05) is 30.3 Å². The molecule has 2 rings (SSSR count). The summed E-state index contributed by atoms with van der Waals surface area (Å²) in [7, 11) is 0. The highest BCUT2D eigenvalue weighted by atomic mass is 16.1. The van der Waals surface area contributed by atoms with Crippen LogP contribution in [0.25, 0.3) is 0 Å². The third-order valence-electron chi connectivity index (χ3n) is 3.11. The zero-order chi connectivity index (χ0) is 9.97. The van der Waals surface area contributed by atoms with Gasteiger partial charge in [-0.25, -0.2) is 0 Å². The Bertz CT molecular complexity index is 315. The van der Waals surface area contributed by atoms with Gasteiger partial charge in [-0.05, 0) is 24.7 Å². The van der Waals surface area contributed by atoms with E-state index in [1.165, 1.54) is 6.42 Å². The van der Waals surface area contributed by atoms with Crippen LogP contribution in [0, 0.1) is 11.8 Å². The number of hydrogen-bond acceptors (Lipinski definition) is 1. The molecule has 0 radical (unpaired) electrons. The van der Waals surface area contributed by atoms with Crippen LogP contribution in [0.3, 0.4) is 0 Å². The maximum atomic E-state index is 11.7. The van der Waals surface area contributed by atoms with Crippen LogP contribution >= 0.6 is 0 Å². The van der Waals surface area contributed by atoms with Gasteiger partial charge < -0.3 is 0 Å². The smallest absolute Gasteiger partial charge is 0.162 e. The van der Waals surface area contributed by atoms with E-state index < -0.39 is 0 Å². The van der Waals surface area contributed by atoms with Gasteiger partial charge in [0.25, 0.3) is 0 Å². The first-order chi connectivity index (χ1) is 6.77. The van der Waals surface area contributed by atoms with Gasteiger partial charge >= 0.3 is 0 Å². The van der Waals surface area contributed by atoms with Crippen molar-refractivity contribution in [3.8, 4) is 0 Å². The molecule has 0 aromatic heterocycles. The molecule has 0 aliphatic heterocycles. The van der Waals surface area contributed by atoms with E-state index in [2.05, 4.69) is 6.92 Å². The zero-order valence-electron chi connectivity index (χ0n) is 8.57. The molecule has 1 aromatic rings. The Morgan fingerprint density at radius 1 is 1.36 bits per heavy atom. The number of Topliss-reactive ketones (excluding diaryl/α,β-unsaturated/α-hetero) is 1. The summed E-state index contributed by atoms with van der Waals surface area (Å²) in [6.07, 6.45) is 3.12. The van der Waals surface area contributed by atoms with Crippen LogP contribution in [0.4, 0.5) is 0 Å². The van der Waals surface area contributed by atoms with Gasteiger partial charge in [0.15, 0.2) is 5.78 Å². The number of carbonyl (C=O) groups excluding carboxylic acids is 1. The van der Waals surface area contributed by atoms with Crippen molar-refractivity contribution in [2.75, 3.05) is 0 Å². The van der Waals surface area contributed by atoms with Crippen LogP contribution in [0.15, 0.2) is 30.3 Å². The predicted molar refractivity (Wildman–Crippen MR) is 57.3 cm³/mol. The molecule has 1 unspecified atom stereocenters. The molecule has 0 spiro atoms. The number of carbonyl (C=O) groups is 1. The minimum Gasteiger partial charge on any atom is -0.294 e.